The third kappa shape index (κ3) is 142. The second-order valence-corrected chi connectivity index (χ2v) is 3.41. The van der Waals surface area contributed by atoms with E-state index in [9.17, 15) is 0 Å². The van der Waals surface area contributed by atoms with Crippen molar-refractivity contribution in [2.45, 2.75) is 18.2 Å². The zero-order valence-corrected chi connectivity index (χ0v) is 7.22. The SMILES string of the molecule is CC(C)(Cl)Cl.Cl.Cl. The van der Waals surface area contributed by atoms with Gasteiger partial charge in [-0.2, -0.15) is 0 Å². The highest BCUT2D eigenvalue weighted by molar-refractivity contribution is 6.47. The summed E-state index contributed by atoms with van der Waals surface area (Å²) >= 11 is 10.6. The van der Waals surface area contributed by atoms with Gasteiger partial charge in [-0.3, -0.25) is 0 Å². The molecule has 0 radical (unpaired) electrons. The first-order valence-electron chi connectivity index (χ1n) is 1.38. The highest BCUT2D eigenvalue weighted by atomic mass is 35.5. The molecule has 0 amide bonds. The summed E-state index contributed by atoms with van der Waals surface area (Å²) in [6.07, 6.45) is 0. The Morgan fingerprint density at radius 1 is 1.00 bits per heavy atom. The molecule has 0 saturated heterocycles. The zero-order chi connectivity index (χ0) is 4.50. The molecular formula is C3H8Cl4. The Bertz CT molecular complexity index is 22.4. The van der Waals surface area contributed by atoms with E-state index in [2.05, 4.69) is 0 Å². The van der Waals surface area contributed by atoms with Crippen molar-refractivity contribution in [3.63, 3.8) is 0 Å². The Balaban J connectivity index is -0.0000000800. The molecular weight excluding hydrogens is 178 g/mol. The van der Waals surface area contributed by atoms with Crippen LogP contribution in [0, 0.1) is 0 Å². The van der Waals surface area contributed by atoms with E-state index in [1.807, 2.05) is 0 Å². The molecule has 0 heterocycles. The molecule has 0 unspecified atom stereocenters. The van der Waals surface area contributed by atoms with Crippen LogP contribution in [0.5, 0.6) is 0 Å². The topological polar surface area (TPSA) is 0 Å². The summed E-state index contributed by atoms with van der Waals surface area (Å²) in [5.41, 5.74) is 0. The van der Waals surface area contributed by atoms with Crippen LogP contribution in [0.2, 0.25) is 0 Å². The van der Waals surface area contributed by atoms with Gasteiger partial charge in [0.05, 0.1) is 0 Å². The summed E-state index contributed by atoms with van der Waals surface area (Å²) in [6.45, 7) is 3.44. The Hall–Kier alpha value is 1.16. The van der Waals surface area contributed by atoms with E-state index >= 15 is 0 Å². The predicted molar refractivity (Wildman–Crippen MR) is 40.3 cm³/mol. The standard InChI is InChI=1S/C3H6Cl2.2ClH/c1-3(2,4)5;;/h1-2H3;2*1H. The van der Waals surface area contributed by atoms with Crippen LogP contribution in [0.1, 0.15) is 13.8 Å². The number of alkyl halides is 2. The van der Waals surface area contributed by atoms with Crippen molar-refractivity contribution in [1.82, 2.24) is 0 Å². The summed E-state index contributed by atoms with van der Waals surface area (Å²) < 4.78 is -0.556. The van der Waals surface area contributed by atoms with Crippen LogP contribution in [0.4, 0.5) is 0 Å². The number of hydrogen-bond acceptors (Lipinski definition) is 0. The van der Waals surface area contributed by atoms with Crippen molar-refractivity contribution in [1.29, 1.82) is 0 Å². The van der Waals surface area contributed by atoms with Crippen molar-refractivity contribution in [2.75, 3.05) is 0 Å². The van der Waals surface area contributed by atoms with E-state index in [0.29, 0.717) is 0 Å². The lowest BCUT2D eigenvalue weighted by Crippen LogP contribution is -1.93. The van der Waals surface area contributed by atoms with E-state index < -0.39 is 4.33 Å². The first-order chi connectivity index (χ1) is 2.00. The number of halogens is 4. The average molecular weight is 186 g/mol. The van der Waals surface area contributed by atoms with Gasteiger partial charge in [0.1, 0.15) is 4.33 Å². The molecule has 0 nitrogen and oxygen atoms in total. The van der Waals surface area contributed by atoms with E-state index in [1.54, 1.807) is 13.8 Å². The Labute approximate surface area is 66.4 Å². The van der Waals surface area contributed by atoms with Gasteiger partial charge in [-0.1, -0.05) is 0 Å². The maximum Gasteiger partial charge on any atom is 0.112 e. The molecule has 0 saturated carbocycles. The number of hydrogen-bond donors (Lipinski definition) is 0. The average Bonchev–Trinajstić information content (AvgIpc) is 0.722. The second kappa shape index (κ2) is 5.30. The summed E-state index contributed by atoms with van der Waals surface area (Å²) in [6, 6.07) is 0. The number of rotatable bonds is 0. The van der Waals surface area contributed by atoms with Crippen LogP contribution in [0.3, 0.4) is 0 Å². The maximum absolute atomic E-state index is 5.30. The van der Waals surface area contributed by atoms with Crippen LogP contribution in [0.15, 0.2) is 0 Å². The van der Waals surface area contributed by atoms with Crippen molar-refractivity contribution >= 4 is 48.0 Å². The molecule has 0 atom stereocenters. The molecule has 0 aliphatic carbocycles. The normalized spacial score (nSPS) is 8.57. The molecule has 0 bridgehead atoms. The molecule has 0 N–H and O–H groups in total. The summed E-state index contributed by atoms with van der Waals surface area (Å²) in [5, 5.41) is 0. The third-order valence-corrected chi connectivity index (χ3v) is 0. The summed E-state index contributed by atoms with van der Waals surface area (Å²) in [5.74, 6) is 0. The Morgan fingerprint density at radius 2 is 1.00 bits per heavy atom. The second-order valence-electron chi connectivity index (χ2n) is 1.33. The lowest BCUT2D eigenvalue weighted by atomic mass is 10.6. The molecule has 0 rings (SSSR count). The predicted octanol–water partition coefficient (Wildman–Crippen LogP) is 3.04. The fraction of sp³-hybridized carbons (Fsp3) is 1.00. The summed E-state index contributed by atoms with van der Waals surface area (Å²) in [4.78, 5) is 0. The Morgan fingerprint density at radius 3 is 1.00 bits per heavy atom. The molecule has 48 valence electrons. The lowest BCUT2D eigenvalue weighted by Gasteiger charge is -1.98. The minimum absolute atomic E-state index is 0. The van der Waals surface area contributed by atoms with Crippen LogP contribution < -0.4 is 0 Å². The molecule has 0 spiro atoms. The molecule has 0 aliphatic rings. The van der Waals surface area contributed by atoms with Crippen LogP contribution in [-0.4, -0.2) is 4.33 Å². The highest BCUT2D eigenvalue weighted by Crippen LogP contribution is 2.16. The minimum atomic E-state index is -0.556. The van der Waals surface area contributed by atoms with E-state index in [4.69, 9.17) is 23.2 Å². The van der Waals surface area contributed by atoms with E-state index in [0.717, 1.165) is 0 Å². The van der Waals surface area contributed by atoms with Crippen molar-refractivity contribution in [3.05, 3.63) is 0 Å². The van der Waals surface area contributed by atoms with E-state index in [-0.39, 0.29) is 24.8 Å². The fourth-order valence-electron chi connectivity index (χ4n) is 0. The summed E-state index contributed by atoms with van der Waals surface area (Å²) in [7, 11) is 0. The fourth-order valence-corrected chi connectivity index (χ4v) is 0. The van der Waals surface area contributed by atoms with Gasteiger partial charge in [0.25, 0.3) is 0 Å². The quantitative estimate of drug-likeness (QED) is 0.510. The third-order valence-electron chi connectivity index (χ3n) is 0. The van der Waals surface area contributed by atoms with Crippen LogP contribution >= 0.6 is 48.0 Å². The largest absolute Gasteiger partial charge is 0.147 e. The van der Waals surface area contributed by atoms with Crippen molar-refractivity contribution in [2.24, 2.45) is 0 Å². The van der Waals surface area contributed by atoms with Gasteiger partial charge in [0.2, 0.25) is 0 Å². The molecule has 0 aromatic rings. The molecule has 4 heteroatoms. The van der Waals surface area contributed by atoms with Gasteiger partial charge >= 0.3 is 0 Å². The van der Waals surface area contributed by atoms with Gasteiger partial charge < -0.3 is 0 Å². The van der Waals surface area contributed by atoms with Gasteiger partial charge in [-0.25, -0.2) is 0 Å². The first kappa shape index (κ1) is 15.7. The van der Waals surface area contributed by atoms with Gasteiger partial charge in [0, 0.05) is 0 Å². The zero-order valence-electron chi connectivity index (χ0n) is 4.07. The molecule has 0 aliphatic heterocycles. The van der Waals surface area contributed by atoms with Gasteiger partial charge in [-0.15, -0.1) is 48.0 Å². The Kier molecular flexibility index (Phi) is 11.9. The van der Waals surface area contributed by atoms with Crippen LogP contribution in [0.25, 0.3) is 0 Å². The smallest absolute Gasteiger partial charge is 0.112 e. The minimum Gasteiger partial charge on any atom is -0.147 e. The van der Waals surface area contributed by atoms with Gasteiger partial charge in [0.15, 0.2) is 0 Å². The first-order valence-corrected chi connectivity index (χ1v) is 2.13. The molecule has 7 heavy (non-hydrogen) atoms. The maximum atomic E-state index is 5.30. The van der Waals surface area contributed by atoms with E-state index in [1.165, 1.54) is 0 Å². The van der Waals surface area contributed by atoms with Crippen molar-refractivity contribution in [3.8, 4) is 0 Å². The molecule has 0 aromatic heterocycles. The van der Waals surface area contributed by atoms with Crippen molar-refractivity contribution < 1.29 is 0 Å². The highest BCUT2D eigenvalue weighted by Gasteiger charge is 2.03. The molecule has 0 fully saturated rings. The van der Waals surface area contributed by atoms with Gasteiger partial charge in [-0.05, 0) is 13.8 Å². The van der Waals surface area contributed by atoms with Crippen LogP contribution in [-0.2, 0) is 0 Å². The monoisotopic (exact) mass is 184 g/mol. The molecule has 0 aromatic carbocycles. The lowest BCUT2D eigenvalue weighted by molar-refractivity contribution is 0.995.